The largest absolute Gasteiger partial charge is 0.489 e. The minimum absolute atomic E-state index is 0.0813. The number of carbonyl (C=O) groups excluding carboxylic acids is 3. The van der Waals surface area contributed by atoms with E-state index >= 15 is 0 Å². The highest BCUT2D eigenvalue weighted by atomic mass is 35.5. The van der Waals surface area contributed by atoms with E-state index in [1.165, 1.54) is 12.0 Å². The van der Waals surface area contributed by atoms with E-state index in [-0.39, 0.29) is 25.5 Å². The highest BCUT2D eigenvalue weighted by Gasteiger charge is 2.40. The number of carbonyl (C=O) groups is 3. The smallest absolute Gasteiger partial charge is 0.411 e. The number of nitrogens with zero attached hydrogens (tertiary/aromatic N) is 3. The molecule has 2 heterocycles. The quantitative estimate of drug-likeness (QED) is 0.137. The third kappa shape index (κ3) is 10.2. The Kier molecular flexibility index (Phi) is 12.8. The zero-order valence-corrected chi connectivity index (χ0v) is 36.0. The van der Waals surface area contributed by atoms with Crippen molar-refractivity contribution in [1.82, 2.24) is 10.2 Å². The van der Waals surface area contributed by atoms with Crippen molar-refractivity contribution in [3.05, 3.63) is 147 Å². The Morgan fingerprint density at radius 2 is 1.56 bits per heavy atom. The van der Waals surface area contributed by atoms with Crippen LogP contribution in [0.25, 0.3) is 11.1 Å². The van der Waals surface area contributed by atoms with Crippen LogP contribution in [0.2, 0.25) is 10.0 Å². The van der Waals surface area contributed by atoms with Gasteiger partial charge < -0.3 is 29.2 Å². The number of nitriles is 1. The molecule has 0 saturated carbocycles. The van der Waals surface area contributed by atoms with Crippen LogP contribution in [0.3, 0.4) is 0 Å². The predicted octanol–water partition coefficient (Wildman–Crippen LogP) is 9.24. The fourth-order valence-electron chi connectivity index (χ4n) is 7.44. The van der Waals surface area contributed by atoms with Gasteiger partial charge in [0.05, 0.1) is 47.6 Å². The van der Waals surface area contributed by atoms with E-state index in [0.29, 0.717) is 40.3 Å². The first-order valence-electron chi connectivity index (χ1n) is 19.9. The Hall–Kier alpha value is -6.22. The molecule has 3 atom stereocenters. The van der Waals surface area contributed by atoms with Crippen LogP contribution in [0.15, 0.2) is 103 Å². The summed E-state index contributed by atoms with van der Waals surface area (Å²) in [6.07, 6.45) is -0.595. The van der Waals surface area contributed by atoms with Crippen molar-refractivity contribution in [3.63, 3.8) is 0 Å². The van der Waals surface area contributed by atoms with E-state index in [9.17, 15) is 14.4 Å². The van der Waals surface area contributed by atoms with Gasteiger partial charge in [-0.25, -0.2) is 9.59 Å². The Morgan fingerprint density at radius 1 is 0.885 bits per heavy atom. The molecule has 1 unspecified atom stereocenters. The molecule has 7 rings (SSSR count). The molecule has 2 amide bonds. The summed E-state index contributed by atoms with van der Waals surface area (Å²) in [5.41, 5.74) is 6.84. The lowest BCUT2D eigenvalue weighted by atomic mass is 9.91. The van der Waals surface area contributed by atoms with E-state index in [4.69, 9.17) is 47.4 Å². The molecule has 2 aliphatic rings. The second-order valence-electron chi connectivity index (χ2n) is 16.2. The van der Waals surface area contributed by atoms with Crippen molar-refractivity contribution in [2.24, 2.45) is 0 Å². The number of benzene rings is 5. The van der Waals surface area contributed by atoms with Gasteiger partial charge in [-0.2, -0.15) is 5.26 Å². The summed E-state index contributed by atoms with van der Waals surface area (Å²) in [6.45, 7) is 6.30. The van der Waals surface area contributed by atoms with Gasteiger partial charge in [-0.1, -0.05) is 77.8 Å². The minimum atomic E-state index is -1.02. The molecule has 0 saturated heterocycles. The van der Waals surface area contributed by atoms with Crippen LogP contribution in [0, 0.1) is 11.3 Å². The number of methoxy groups -OCH3 is 1. The molecular weight excluding hydrogens is 815 g/mol. The van der Waals surface area contributed by atoms with Gasteiger partial charge in [0, 0.05) is 19.9 Å². The molecule has 11 nitrogen and oxygen atoms in total. The lowest BCUT2D eigenvalue weighted by Crippen LogP contribution is -2.56. The molecule has 0 aromatic heterocycles. The molecule has 2 aliphatic heterocycles. The number of hydrogen-bond donors (Lipinski definition) is 1. The fourth-order valence-corrected chi connectivity index (χ4v) is 7.76. The monoisotopic (exact) mass is 860 g/mol. The molecule has 5 aromatic rings. The van der Waals surface area contributed by atoms with Crippen LogP contribution in [-0.4, -0.2) is 61.3 Å². The minimum Gasteiger partial charge on any atom is -0.489 e. The van der Waals surface area contributed by atoms with E-state index in [1.54, 1.807) is 45.0 Å². The molecule has 0 spiro atoms. The van der Waals surface area contributed by atoms with Crippen LogP contribution in [0.5, 0.6) is 11.5 Å². The molecule has 0 aliphatic carbocycles. The van der Waals surface area contributed by atoms with Crippen molar-refractivity contribution in [3.8, 4) is 28.7 Å². The maximum absolute atomic E-state index is 14.3. The van der Waals surface area contributed by atoms with E-state index in [1.807, 2.05) is 85.9 Å². The summed E-state index contributed by atoms with van der Waals surface area (Å²) < 4.78 is 23.5. The second-order valence-corrected chi connectivity index (χ2v) is 17.0. The van der Waals surface area contributed by atoms with Crippen molar-refractivity contribution in [1.29, 1.82) is 5.26 Å². The molecule has 13 heteroatoms. The summed E-state index contributed by atoms with van der Waals surface area (Å²) in [6, 6.07) is 32.1. The number of hydrogen-bond acceptors (Lipinski definition) is 9. The number of likely N-dealkylation sites (N-methyl/N-ethyl adjacent to an activating group) is 1. The number of fused-ring (bicyclic) bond motifs is 2. The number of amides is 2. The topological polar surface area (TPSA) is 130 Å². The third-order valence-corrected chi connectivity index (χ3v) is 11.4. The normalized spacial score (nSPS) is 16.2. The standard InChI is InChI=1S/C48H46Cl2N4O7/c1-48(2,3)61-47(57)54-26-36-24-43-41(53(4)27-44(60-43)34-15-17-37(18-16-34)59-28-31-10-19-38(49)39(50)20-31)22-35(36)23-42(54)45(55)52-40(46(56)58-5)21-29-6-11-32(12-7-29)33-13-8-30(25-51)9-14-33/h6-20,22,24,40,42,44H,21,23,26-28H2,1-5H3,(H,52,55)/t40-,42?,44+/m0/s1. The van der Waals surface area contributed by atoms with Gasteiger partial charge in [0.2, 0.25) is 5.91 Å². The Balaban J connectivity index is 1.07. The Labute approximate surface area is 365 Å². The predicted molar refractivity (Wildman–Crippen MR) is 234 cm³/mol. The maximum Gasteiger partial charge on any atom is 0.411 e. The highest BCUT2D eigenvalue weighted by Crippen LogP contribution is 2.42. The van der Waals surface area contributed by atoms with Crippen LogP contribution in [0.4, 0.5) is 10.5 Å². The number of halogens is 2. The lowest BCUT2D eigenvalue weighted by Gasteiger charge is -2.39. The molecule has 314 valence electrons. The summed E-state index contributed by atoms with van der Waals surface area (Å²) in [4.78, 5) is 44.7. The van der Waals surface area contributed by atoms with Gasteiger partial charge in [-0.15, -0.1) is 0 Å². The highest BCUT2D eigenvalue weighted by molar-refractivity contribution is 6.42. The SMILES string of the molecule is COC(=O)[C@H](Cc1ccc(-c2ccc(C#N)cc2)cc1)NC(=O)C1Cc2cc3c(cc2CN1C(=O)OC(C)(C)C)O[C@@H](c1ccc(OCc2ccc(Cl)c(Cl)c2)cc1)CN3C. The first kappa shape index (κ1) is 42.9. The molecular formula is C48H46Cl2N4O7. The van der Waals surface area contributed by atoms with Gasteiger partial charge in [-0.05, 0) is 108 Å². The summed E-state index contributed by atoms with van der Waals surface area (Å²) in [7, 11) is 3.27. The first-order chi connectivity index (χ1) is 29.2. The average Bonchev–Trinajstić information content (AvgIpc) is 3.25. The molecule has 0 radical (unpaired) electrons. The van der Waals surface area contributed by atoms with Crippen LogP contribution < -0.4 is 19.7 Å². The maximum atomic E-state index is 14.3. The van der Waals surface area contributed by atoms with Crippen molar-refractivity contribution < 1.29 is 33.3 Å². The molecule has 61 heavy (non-hydrogen) atoms. The fraction of sp³-hybridized carbons (Fsp3) is 0.292. The van der Waals surface area contributed by atoms with Crippen LogP contribution in [-0.2, 0) is 45.1 Å². The molecule has 0 bridgehead atoms. The number of esters is 1. The zero-order valence-electron chi connectivity index (χ0n) is 34.5. The number of rotatable bonds is 10. The second kappa shape index (κ2) is 18.2. The summed E-state index contributed by atoms with van der Waals surface area (Å²) >= 11 is 12.2. The van der Waals surface area contributed by atoms with Gasteiger partial charge in [0.25, 0.3) is 0 Å². The molecule has 5 aromatic carbocycles. The van der Waals surface area contributed by atoms with Crippen LogP contribution in [0.1, 0.15) is 60.3 Å². The van der Waals surface area contributed by atoms with Gasteiger partial charge in [-0.3, -0.25) is 9.69 Å². The van der Waals surface area contributed by atoms with Crippen molar-refractivity contribution in [2.75, 3.05) is 25.6 Å². The van der Waals surface area contributed by atoms with Crippen LogP contribution >= 0.6 is 23.2 Å². The number of nitrogens with one attached hydrogen (secondary N) is 1. The van der Waals surface area contributed by atoms with Gasteiger partial charge in [0.15, 0.2) is 0 Å². The number of ether oxygens (including phenoxy) is 4. The number of anilines is 1. The van der Waals surface area contributed by atoms with E-state index in [2.05, 4.69) is 16.3 Å². The zero-order chi connectivity index (χ0) is 43.4. The summed E-state index contributed by atoms with van der Waals surface area (Å²) in [5.74, 6) is 0.229. The Morgan fingerprint density at radius 3 is 2.20 bits per heavy atom. The van der Waals surface area contributed by atoms with Gasteiger partial charge in [0.1, 0.15) is 41.9 Å². The lowest BCUT2D eigenvalue weighted by molar-refractivity contribution is -0.145. The first-order valence-corrected chi connectivity index (χ1v) is 20.6. The molecule has 0 fully saturated rings. The van der Waals surface area contributed by atoms with Crippen molar-refractivity contribution in [2.45, 2.75) is 70.6 Å². The Bertz CT molecular complexity index is 2460. The molecule has 1 N–H and O–H groups in total. The van der Waals surface area contributed by atoms with E-state index in [0.717, 1.165) is 44.6 Å². The summed E-state index contributed by atoms with van der Waals surface area (Å²) in [5, 5.41) is 13.0. The van der Waals surface area contributed by atoms with Crippen molar-refractivity contribution >= 4 is 46.9 Å². The van der Waals surface area contributed by atoms with Gasteiger partial charge >= 0.3 is 12.1 Å². The van der Waals surface area contributed by atoms with E-state index < -0.39 is 35.7 Å². The average molecular weight is 862 g/mol. The third-order valence-electron chi connectivity index (χ3n) is 10.6.